The summed E-state index contributed by atoms with van der Waals surface area (Å²) in [6.45, 7) is 0. The molecule has 0 saturated heterocycles. The Labute approximate surface area is 91.2 Å². The maximum Gasteiger partial charge on any atom is 0.0771 e. The highest BCUT2D eigenvalue weighted by molar-refractivity contribution is 6.30. The lowest BCUT2D eigenvalue weighted by Crippen LogP contribution is -1.84. The van der Waals surface area contributed by atoms with Crippen LogP contribution in [-0.2, 0) is 0 Å². The molecule has 2 aromatic rings. The van der Waals surface area contributed by atoms with E-state index in [1.54, 1.807) is 18.3 Å². The number of rotatable bonds is 2. The Morgan fingerprint density at radius 3 is 2.73 bits per heavy atom. The maximum atomic E-state index is 8.46. The first-order chi connectivity index (χ1) is 7.31. The fourth-order valence-electron chi connectivity index (χ4n) is 1.30. The summed E-state index contributed by atoms with van der Waals surface area (Å²) in [4.78, 5) is 0. The van der Waals surface area contributed by atoms with Gasteiger partial charge in [0.05, 0.1) is 18.1 Å². The van der Waals surface area contributed by atoms with E-state index >= 15 is 0 Å². The number of aromatic amines is 1. The third kappa shape index (κ3) is 1.99. The van der Waals surface area contributed by atoms with Crippen LogP contribution in [0.4, 0.5) is 0 Å². The van der Waals surface area contributed by atoms with Crippen LogP contribution in [0.5, 0.6) is 0 Å². The van der Waals surface area contributed by atoms with E-state index in [1.807, 2.05) is 12.1 Å². The summed E-state index contributed by atoms with van der Waals surface area (Å²) >= 11 is 5.78. The van der Waals surface area contributed by atoms with E-state index in [0.29, 0.717) is 5.02 Å². The normalized spacial score (nSPS) is 11.0. The molecule has 1 aromatic heterocycles. The van der Waals surface area contributed by atoms with Gasteiger partial charge in [0.1, 0.15) is 0 Å². The van der Waals surface area contributed by atoms with Gasteiger partial charge < -0.3 is 5.21 Å². The number of nitrogens with one attached hydrogen (secondary N) is 1. The van der Waals surface area contributed by atoms with Crippen molar-refractivity contribution in [2.24, 2.45) is 5.16 Å². The Hall–Kier alpha value is -1.81. The Morgan fingerprint density at radius 2 is 2.07 bits per heavy atom. The van der Waals surface area contributed by atoms with Crippen molar-refractivity contribution in [2.45, 2.75) is 0 Å². The van der Waals surface area contributed by atoms with Crippen molar-refractivity contribution in [1.82, 2.24) is 10.2 Å². The Bertz CT molecular complexity index is 476. The third-order valence-electron chi connectivity index (χ3n) is 2.00. The van der Waals surface area contributed by atoms with E-state index in [9.17, 15) is 0 Å². The zero-order chi connectivity index (χ0) is 10.7. The number of hydrogen-bond acceptors (Lipinski definition) is 3. The Morgan fingerprint density at radius 1 is 1.33 bits per heavy atom. The number of nitrogens with zero attached hydrogens (tertiary/aromatic N) is 2. The predicted molar refractivity (Wildman–Crippen MR) is 58.4 cm³/mol. The molecule has 0 unspecified atom stereocenters. The van der Waals surface area contributed by atoms with Gasteiger partial charge in [-0.2, -0.15) is 5.10 Å². The highest BCUT2D eigenvalue weighted by atomic mass is 35.5. The lowest BCUT2D eigenvalue weighted by atomic mass is 10.1. The highest BCUT2D eigenvalue weighted by Gasteiger charge is 2.05. The van der Waals surface area contributed by atoms with E-state index in [0.717, 1.165) is 16.8 Å². The SMILES string of the molecule is ON=Cc1cn[nH]c1-c1ccc(Cl)cc1. The summed E-state index contributed by atoms with van der Waals surface area (Å²) in [5.74, 6) is 0. The first-order valence-electron chi connectivity index (χ1n) is 4.28. The predicted octanol–water partition coefficient (Wildman–Crippen LogP) is 2.54. The molecule has 0 atom stereocenters. The van der Waals surface area contributed by atoms with Crippen LogP contribution in [0.2, 0.25) is 5.02 Å². The number of halogens is 1. The number of H-pyrrole nitrogens is 1. The Balaban J connectivity index is 2.44. The van der Waals surface area contributed by atoms with E-state index in [4.69, 9.17) is 16.8 Å². The van der Waals surface area contributed by atoms with Gasteiger partial charge in [-0.05, 0) is 12.1 Å². The summed E-state index contributed by atoms with van der Waals surface area (Å²) < 4.78 is 0. The minimum absolute atomic E-state index is 0.677. The molecule has 0 aliphatic rings. The van der Waals surface area contributed by atoms with Gasteiger partial charge in [-0.15, -0.1) is 0 Å². The zero-order valence-electron chi connectivity index (χ0n) is 7.68. The maximum absolute atomic E-state index is 8.46. The zero-order valence-corrected chi connectivity index (χ0v) is 8.44. The van der Waals surface area contributed by atoms with Gasteiger partial charge in [-0.25, -0.2) is 0 Å². The highest BCUT2D eigenvalue weighted by Crippen LogP contribution is 2.21. The van der Waals surface area contributed by atoms with Crippen LogP contribution in [-0.4, -0.2) is 21.6 Å². The first kappa shape index (κ1) is 9.73. The van der Waals surface area contributed by atoms with Gasteiger partial charge in [0.15, 0.2) is 0 Å². The molecule has 1 heterocycles. The molecule has 2 N–H and O–H groups in total. The van der Waals surface area contributed by atoms with Gasteiger partial charge in [-0.1, -0.05) is 28.9 Å². The average molecular weight is 222 g/mol. The second kappa shape index (κ2) is 4.14. The van der Waals surface area contributed by atoms with E-state index < -0.39 is 0 Å². The van der Waals surface area contributed by atoms with Crippen molar-refractivity contribution in [2.75, 3.05) is 0 Å². The van der Waals surface area contributed by atoms with Gasteiger partial charge in [-0.3, -0.25) is 5.10 Å². The molecule has 5 heteroatoms. The van der Waals surface area contributed by atoms with Gasteiger partial charge in [0.25, 0.3) is 0 Å². The fourth-order valence-corrected chi connectivity index (χ4v) is 1.43. The molecule has 0 amide bonds. The molecule has 0 spiro atoms. The minimum Gasteiger partial charge on any atom is -0.411 e. The standard InChI is InChI=1S/C10H8ClN3O/c11-9-3-1-7(2-4-9)10-8(6-13-15)5-12-14-10/h1-6,15H,(H,12,14). The second-order valence-electron chi connectivity index (χ2n) is 2.95. The largest absolute Gasteiger partial charge is 0.411 e. The molecular weight excluding hydrogens is 214 g/mol. The minimum atomic E-state index is 0.677. The number of hydrogen-bond donors (Lipinski definition) is 2. The summed E-state index contributed by atoms with van der Waals surface area (Å²) in [7, 11) is 0. The van der Waals surface area contributed by atoms with E-state index in [2.05, 4.69) is 15.4 Å². The number of benzene rings is 1. The van der Waals surface area contributed by atoms with Gasteiger partial charge in [0.2, 0.25) is 0 Å². The summed E-state index contributed by atoms with van der Waals surface area (Å²) in [6, 6.07) is 7.31. The topological polar surface area (TPSA) is 61.3 Å². The molecule has 76 valence electrons. The molecule has 2 rings (SSSR count). The Kier molecular flexibility index (Phi) is 2.69. The van der Waals surface area contributed by atoms with Crippen molar-refractivity contribution in [1.29, 1.82) is 0 Å². The quantitative estimate of drug-likeness (QED) is 0.465. The van der Waals surface area contributed by atoms with Crippen molar-refractivity contribution in [3.8, 4) is 11.3 Å². The molecule has 0 radical (unpaired) electrons. The molecule has 0 bridgehead atoms. The first-order valence-corrected chi connectivity index (χ1v) is 4.66. The third-order valence-corrected chi connectivity index (χ3v) is 2.25. The molecule has 0 aliphatic heterocycles. The molecule has 15 heavy (non-hydrogen) atoms. The van der Waals surface area contributed by atoms with Crippen LogP contribution in [0, 0.1) is 0 Å². The van der Waals surface area contributed by atoms with Crippen molar-refractivity contribution < 1.29 is 5.21 Å². The molecule has 4 nitrogen and oxygen atoms in total. The summed E-state index contributed by atoms with van der Waals surface area (Å²) in [6.07, 6.45) is 2.91. The smallest absolute Gasteiger partial charge is 0.0771 e. The van der Waals surface area contributed by atoms with Crippen molar-refractivity contribution in [3.63, 3.8) is 0 Å². The fraction of sp³-hybridized carbons (Fsp3) is 0. The van der Waals surface area contributed by atoms with Crippen LogP contribution in [0.25, 0.3) is 11.3 Å². The van der Waals surface area contributed by atoms with E-state index in [1.165, 1.54) is 6.21 Å². The monoisotopic (exact) mass is 221 g/mol. The molecule has 0 aliphatic carbocycles. The van der Waals surface area contributed by atoms with Crippen LogP contribution in [0.3, 0.4) is 0 Å². The summed E-state index contributed by atoms with van der Waals surface area (Å²) in [5.41, 5.74) is 2.45. The molecule has 0 saturated carbocycles. The number of oxime groups is 1. The van der Waals surface area contributed by atoms with Gasteiger partial charge >= 0.3 is 0 Å². The van der Waals surface area contributed by atoms with Crippen molar-refractivity contribution >= 4 is 17.8 Å². The second-order valence-corrected chi connectivity index (χ2v) is 3.39. The molecule has 0 fully saturated rings. The molecular formula is C10H8ClN3O. The van der Waals surface area contributed by atoms with Crippen LogP contribution < -0.4 is 0 Å². The summed E-state index contributed by atoms with van der Waals surface area (Å²) in [5, 5.41) is 18.8. The average Bonchev–Trinajstić information content (AvgIpc) is 2.68. The lowest BCUT2D eigenvalue weighted by molar-refractivity contribution is 0.322. The van der Waals surface area contributed by atoms with Crippen molar-refractivity contribution in [3.05, 3.63) is 41.0 Å². The van der Waals surface area contributed by atoms with Crippen LogP contribution >= 0.6 is 11.6 Å². The lowest BCUT2D eigenvalue weighted by Gasteiger charge is -1.98. The van der Waals surface area contributed by atoms with Gasteiger partial charge in [0, 0.05) is 16.1 Å². The molecule has 1 aromatic carbocycles. The van der Waals surface area contributed by atoms with Crippen LogP contribution in [0.1, 0.15) is 5.56 Å². The number of aromatic nitrogens is 2. The van der Waals surface area contributed by atoms with Crippen LogP contribution in [0.15, 0.2) is 35.6 Å². The van der Waals surface area contributed by atoms with E-state index in [-0.39, 0.29) is 0 Å².